The molecule has 0 radical (unpaired) electrons. The molecule has 7 atom stereocenters. The molecule has 408 valence electrons. The van der Waals surface area contributed by atoms with E-state index in [9.17, 15) is 43.2 Å². The molecular weight excluding hydrogens is 1040 g/mol. The number of amides is 8. The molecule has 2 aromatic carbocycles. The molecule has 2 heterocycles. The Morgan fingerprint density at radius 2 is 1.44 bits per heavy atom. The van der Waals surface area contributed by atoms with Gasteiger partial charge in [-0.25, -0.2) is 0 Å². The lowest BCUT2D eigenvalue weighted by Crippen LogP contribution is -2.59. The number of guanidine groups is 1. The van der Waals surface area contributed by atoms with Gasteiger partial charge in [0.1, 0.15) is 30.2 Å². The number of nitrogens with two attached hydrogens (primary N) is 3. The number of primary amides is 1. The standard InChI is InChI=1S/C51H70ClN11O9S3/c1-30(2)44(49(71)60-38(32(4)64)25-42(53)65)62-47(69)40(24-36-13-9-22-75-36)61-46(68)39(23-33-16-18-35(52)19-17-33)58-43(66)15-10-21-73-27-31(3)50(72)63-29-74-28-41(63)48(70)59-37(14-8-20-56-51(54)55)45(67)57-26-34-11-6-5-7-12-34/h5-7,9,11-13,16-19,22,30-31,37-41,44H,8,10,14-15,20-21,23-29H2,1-4H3,(H2,53,65)(H,57,67)(H,58,66)(H,59,70)(H,60,71)(H,61,68)(H,62,69)(H4,54,55,56)/t31-,37+,38-,39-,40-,41-,44-/m0/s1. The minimum absolute atomic E-state index is 0.0398. The summed E-state index contributed by atoms with van der Waals surface area (Å²) in [6, 6.07) is 13.3. The molecule has 0 bridgehead atoms. The van der Waals surface area contributed by atoms with Crippen molar-refractivity contribution in [1.29, 1.82) is 0 Å². The average Bonchev–Trinajstić information content (AvgIpc) is 4.08. The number of ketones is 1. The number of thiophene rings is 1. The number of nitrogens with one attached hydrogen (secondary N) is 6. The van der Waals surface area contributed by atoms with Crippen LogP contribution >= 0.6 is 46.5 Å². The zero-order valence-electron chi connectivity index (χ0n) is 42.6. The van der Waals surface area contributed by atoms with Crippen LogP contribution in [0.4, 0.5) is 0 Å². The van der Waals surface area contributed by atoms with Crippen molar-refractivity contribution < 1.29 is 43.2 Å². The van der Waals surface area contributed by atoms with E-state index in [0.29, 0.717) is 46.6 Å². The van der Waals surface area contributed by atoms with Gasteiger partial charge in [0.05, 0.1) is 18.3 Å². The summed E-state index contributed by atoms with van der Waals surface area (Å²) in [6.45, 7) is 6.90. The minimum atomic E-state index is -1.20. The molecule has 20 nitrogen and oxygen atoms in total. The van der Waals surface area contributed by atoms with E-state index < -0.39 is 95.7 Å². The maximum absolute atomic E-state index is 14.2. The van der Waals surface area contributed by atoms with E-state index in [2.05, 4.69) is 36.9 Å². The first kappa shape index (κ1) is 61.4. The van der Waals surface area contributed by atoms with Crippen molar-refractivity contribution in [3.8, 4) is 0 Å². The molecule has 1 aliphatic rings. The van der Waals surface area contributed by atoms with Gasteiger partial charge in [0, 0.05) is 59.7 Å². The Morgan fingerprint density at radius 3 is 2.08 bits per heavy atom. The predicted octanol–water partition coefficient (Wildman–Crippen LogP) is 2.15. The van der Waals surface area contributed by atoms with Crippen molar-refractivity contribution in [3.63, 3.8) is 0 Å². The molecule has 8 amide bonds. The third-order valence-corrected chi connectivity index (χ3v) is 15.4. The van der Waals surface area contributed by atoms with E-state index in [1.54, 1.807) is 57.2 Å². The minimum Gasteiger partial charge on any atom is -0.370 e. The lowest BCUT2D eigenvalue weighted by atomic mass is 10.0. The van der Waals surface area contributed by atoms with Gasteiger partial charge in [0.25, 0.3) is 0 Å². The van der Waals surface area contributed by atoms with Gasteiger partial charge in [-0.05, 0) is 72.6 Å². The zero-order valence-corrected chi connectivity index (χ0v) is 45.8. The van der Waals surface area contributed by atoms with E-state index in [1.165, 1.54) is 46.7 Å². The Bertz CT molecular complexity index is 2430. The second-order valence-electron chi connectivity index (χ2n) is 18.5. The predicted molar refractivity (Wildman–Crippen MR) is 294 cm³/mol. The van der Waals surface area contributed by atoms with Gasteiger partial charge >= 0.3 is 0 Å². The summed E-state index contributed by atoms with van der Waals surface area (Å²) in [4.78, 5) is 126. The lowest BCUT2D eigenvalue weighted by Gasteiger charge is -2.28. The number of halogens is 1. The van der Waals surface area contributed by atoms with E-state index in [4.69, 9.17) is 28.8 Å². The molecule has 3 aromatic rings. The van der Waals surface area contributed by atoms with Crippen molar-refractivity contribution >= 4 is 105 Å². The Labute approximate surface area is 455 Å². The van der Waals surface area contributed by atoms with Crippen molar-refractivity contribution in [1.82, 2.24) is 36.8 Å². The van der Waals surface area contributed by atoms with Gasteiger partial charge in [0.2, 0.25) is 47.3 Å². The fraction of sp³-hybridized carbons (Fsp3) is 0.490. The van der Waals surface area contributed by atoms with Gasteiger partial charge in [-0.2, -0.15) is 11.8 Å². The van der Waals surface area contributed by atoms with Crippen molar-refractivity contribution in [2.45, 2.75) is 115 Å². The largest absolute Gasteiger partial charge is 0.370 e. The third-order valence-electron chi connectivity index (χ3n) is 11.9. The summed E-state index contributed by atoms with van der Waals surface area (Å²) in [6.07, 6.45) is 0.819. The Balaban J connectivity index is 1.35. The van der Waals surface area contributed by atoms with Gasteiger partial charge in [-0.1, -0.05) is 80.9 Å². The fourth-order valence-corrected chi connectivity index (χ4v) is 10.8. The molecule has 4 rings (SSSR count). The maximum atomic E-state index is 14.2. The molecule has 0 spiro atoms. The van der Waals surface area contributed by atoms with Crippen molar-refractivity contribution in [2.24, 2.45) is 34.0 Å². The number of Topliss-reactive ketones (excluding diaryl/α,β-unsaturated/α-hetero) is 1. The molecule has 1 aliphatic heterocycles. The normalized spacial score (nSPS) is 15.5. The lowest BCUT2D eigenvalue weighted by molar-refractivity contribution is -0.141. The number of aliphatic imine (C=N–C) groups is 1. The Morgan fingerprint density at radius 1 is 0.760 bits per heavy atom. The molecule has 75 heavy (non-hydrogen) atoms. The summed E-state index contributed by atoms with van der Waals surface area (Å²) >= 11 is 10.4. The third kappa shape index (κ3) is 21.5. The van der Waals surface area contributed by atoms with E-state index in [0.717, 1.165) is 10.4 Å². The molecule has 1 saturated heterocycles. The summed E-state index contributed by atoms with van der Waals surface area (Å²) in [5.41, 5.74) is 17.8. The summed E-state index contributed by atoms with van der Waals surface area (Å²) in [5, 5.41) is 18.9. The first-order chi connectivity index (χ1) is 35.7. The molecular formula is C51H70ClN11O9S3. The van der Waals surface area contributed by atoms with Crippen LogP contribution in [-0.4, -0.2) is 130 Å². The van der Waals surface area contributed by atoms with Crippen molar-refractivity contribution in [3.05, 3.63) is 93.1 Å². The van der Waals surface area contributed by atoms with Gasteiger partial charge in [-0.3, -0.25) is 48.1 Å². The highest BCUT2D eigenvalue weighted by Crippen LogP contribution is 2.25. The fourth-order valence-electron chi connectivity index (χ4n) is 7.77. The van der Waals surface area contributed by atoms with Gasteiger partial charge in [-0.15, -0.1) is 23.1 Å². The highest BCUT2D eigenvalue weighted by Gasteiger charge is 2.38. The van der Waals surface area contributed by atoms with Crippen LogP contribution < -0.4 is 49.1 Å². The van der Waals surface area contributed by atoms with Crippen LogP contribution in [0.2, 0.25) is 5.02 Å². The average molecular weight is 1110 g/mol. The number of benzene rings is 2. The molecule has 0 unspecified atom stereocenters. The molecule has 0 saturated carbocycles. The Hall–Kier alpha value is -6.17. The molecule has 1 aromatic heterocycles. The molecule has 24 heteroatoms. The van der Waals surface area contributed by atoms with Crippen LogP contribution in [0, 0.1) is 11.8 Å². The number of rotatable bonds is 31. The van der Waals surface area contributed by atoms with Crippen LogP contribution in [-0.2, 0) is 62.5 Å². The number of hydrogen-bond donors (Lipinski definition) is 9. The van der Waals surface area contributed by atoms with Crippen LogP contribution in [0.5, 0.6) is 0 Å². The number of nitrogens with zero attached hydrogens (tertiary/aromatic N) is 2. The highest BCUT2D eigenvalue weighted by molar-refractivity contribution is 7.99. The summed E-state index contributed by atoms with van der Waals surface area (Å²) in [5.74, 6) is -4.24. The second kappa shape index (κ2) is 31.7. The van der Waals surface area contributed by atoms with Gasteiger partial charge < -0.3 is 54.0 Å². The monoisotopic (exact) mass is 1110 g/mol. The summed E-state index contributed by atoms with van der Waals surface area (Å²) < 4.78 is 0. The Kier molecular flexibility index (Phi) is 25.9. The smallest absolute Gasteiger partial charge is 0.244 e. The number of carbonyl (C=O) groups excluding carboxylic acids is 9. The first-order valence-electron chi connectivity index (χ1n) is 24.6. The summed E-state index contributed by atoms with van der Waals surface area (Å²) in [7, 11) is 0. The SMILES string of the molecule is CC(=O)[C@H](CC(N)=O)NC(=O)[C@@H](NC(=O)[C@H](Cc1cccs1)NC(=O)[C@H](Cc1ccc(Cl)cc1)NC(=O)CCCSC[C@H](C)C(=O)N1CSC[C@H]1C(=O)N[C@H](CCCN=C(N)N)C(=O)NCc1ccccc1)C(C)C. The van der Waals surface area contributed by atoms with Gasteiger partial charge in [0.15, 0.2) is 11.7 Å². The molecule has 12 N–H and O–H groups in total. The van der Waals surface area contributed by atoms with E-state index in [1.807, 2.05) is 35.7 Å². The zero-order chi connectivity index (χ0) is 55.0. The maximum Gasteiger partial charge on any atom is 0.244 e. The quantitative estimate of drug-likeness (QED) is 0.0254. The van der Waals surface area contributed by atoms with Crippen molar-refractivity contribution in [2.75, 3.05) is 29.7 Å². The molecule has 0 aliphatic carbocycles. The van der Waals surface area contributed by atoms with E-state index in [-0.39, 0.29) is 56.5 Å². The molecule has 1 fully saturated rings. The van der Waals surface area contributed by atoms with Crippen LogP contribution in [0.15, 0.2) is 77.1 Å². The number of hydrogen-bond acceptors (Lipinski definition) is 13. The number of thioether (sulfide) groups is 2. The highest BCUT2D eigenvalue weighted by atomic mass is 35.5. The van der Waals surface area contributed by atoms with E-state index >= 15 is 0 Å². The van der Waals surface area contributed by atoms with Crippen LogP contribution in [0.1, 0.15) is 75.8 Å². The van der Waals surface area contributed by atoms with Crippen LogP contribution in [0.3, 0.4) is 0 Å². The first-order valence-corrected chi connectivity index (χ1v) is 28.2. The second-order valence-corrected chi connectivity index (χ2v) is 22.1. The topological polar surface area (TPSA) is 319 Å². The van der Waals surface area contributed by atoms with Crippen LogP contribution in [0.25, 0.3) is 0 Å². The number of carbonyl (C=O) groups is 9.